The third-order valence-electron chi connectivity index (χ3n) is 2.56. The first-order valence-electron chi connectivity index (χ1n) is 8.16. The average molecular weight is 349 g/mol. The number of ether oxygens (including phenoxy) is 6. The fourth-order valence-electron chi connectivity index (χ4n) is 1.44. The fraction of sp³-hybridized carbons (Fsp3) is 0.812. The molecule has 0 aliphatic carbocycles. The Bertz CT molecular complexity index is 290. The molecule has 0 aromatic carbocycles. The summed E-state index contributed by atoms with van der Waals surface area (Å²) in [6.07, 6.45) is 1.76. The number of esters is 1. The highest BCUT2D eigenvalue weighted by Crippen LogP contribution is 1.89. The molecule has 0 saturated carbocycles. The largest absolute Gasteiger partial charge is 0.461 e. The van der Waals surface area contributed by atoms with Crippen molar-refractivity contribution in [1.82, 2.24) is 0 Å². The van der Waals surface area contributed by atoms with Crippen LogP contribution in [-0.4, -0.2) is 85.2 Å². The number of carbonyl (C=O) groups excluding carboxylic acids is 1. The van der Waals surface area contributed by atoms with Crippen molar-refractivity contribution in [3.63, 3.8) is 0 Å². The highest BCUT2D eigenvalue weighted by molar-refractivity contribution is 5.69. The Morgan fingerprint density at radius 2 is 1.17 bits per heavy atom. The number of carbonyl (C=O) groups is 1. The number of rotatable bonds is 19. The Balaban J connectivity index is 3.05. The van der Waals surface area contributed by atoms with E-state index >= 15 is 0 Å². The van der Waals surface area contributed by atoms with Gasteiger partial charge in [-0.3, -0.25) is 4.79 Å². The quantitative estimate of drug-likeness (QED) is 0.200. The zero-order valence-corrected chi connectivity index (χ0v) is 14.4. The summed E-state index contributed by atoms with van der Waals surface area (Å²) in [5, 5.41) is 0. The predicted octanol–water partition coefficient (Wildman–Crippen LogP) is 0.147. The minimum atomic E-state index is -0.294. The average Bonchev–Trinajstić information content (AvgIpc) is 2.59. The van der Waals surface area contributed by atoms with Crippen LogP contribution in [0.15, 0.2) is 12.7 Å². The van der Waals surface area contributed by atoms with Crippen LogP contribution in [0.5, 0.6) is 0 Å². The molecular formula is C16H31NO7. The minimum absolute atomic E-state index is 0.230. The second-order valence-electron chi connectivity index (χ2n) is 4.57. The lowest BCUT2D eigenvalue weighted by Crippen LogP contribution is -2.15. The van der Waals surface area contributed by atoms with Crippen LogP contribution < -0.4 is 5.73 Å². The molecule has 0 radical (unpaired) electrons. The summed E-state index contributed by atoms with van der Waals surface area (Å²) in [6, 6.07) is 0. The Kier molecular flexibility index (Phi) is 19.2. The molecule has 0 aliphatic heterocycles. The maximum Gasteiger partial charge on any atom is 0.308 e. The molecule has 0 bridgehead atoms. The third-order valence-corrected chi connectivity index (χ3v) is 2.56. The van der Waals surface area contributed by atoms with Crippen molar-refractivity contribution in [2.45, 2.75) is 6.42 Å². The van der Waals surface area contributed by atoms with Crippen LogP contribution in [0.4, 0.5) is 0 Å². The highest BCUT2D eigenvalue weighted by Gasteiger charge is 2.01. The van der Waals surface area contributed by atoms with E-state index in [2.05, 4.69) is 6.58 Å². The molecule has 0 atom stereocenters. The first-order chi connectivity index (χ1) is 11.8. The predicted molar refractivity (Wildman–Crippen MR) is 88.9 cm³/mol. The molecule has 0 rings (SSSR count). The number of hydrogen-bond acceptors (Lipinski definition) is 8. The van der Waals surface area contributed by atoms with E-state index in [-0.39, 0.29) is 19.0 Å². The van der Waals surface area contributed by atoms with Crippen molar-refractivity contribution in [3.8, 4) is 0 Å². The van der Waals surface area contributed by atoms with Gasteiger partial charge >= 0.3 is 5.97 Å². The van der Waals surface area contributed by atoms with Gasteiger partial charge in [-0.05, 0) is 0 Å². The molecular weight excluding hydrogens is 318 g/mol. The van der Waals surface area contributed by atoms with Gasteiger partial charge in [0.05, 0.1) is 72.5 Å². The van der Waals surface area contributed by atoms with Crippen molar-refractivity contribution in [1.29, 1.82) is 0 Å². The van der Waals surface area contributed by atoms with Crippen molar-refractivity contribution < 1.29 is 33.2 Å². The topological polar surface area (TPSA) is 98.5 Å². The molecule has 0 aliphatic rings. The Labute approximate surface area is 144 Å². The molecule has 8 heteroatoms. The van der Waals surface area contributed by atoms with E-state index in [0.717, 1.165) is 0 Å². The van der Waals surface area contributed by atoms with E-state index in [0.29, 0.717) is 72.6 Å². The van der Waals surface area contributed by atoms with E-state index in [1.54, 1.807) is 0 Å². The van der Waals surface area contributed by atoms with Crippen LogP contribution in [0.2, 0.25) is 0 Å². The maximum absolute atomic E-state index is 11.1. The molecule has 0 amide bonds. The van der Waals surface area contributed by atoms with E-state index in [1.165, 1.54) is 6.08 Å². The van der Waals surface area contributed by atoms with E-state index < -0.39 is 0 Å². The second-order valence-corrected chi connectivity index (χ2v) is 4.57. The monoisotopic (exact) mass is 349 g/mol. The van der Waals surface area contributed by atoms with Gasteiger partial charge in [0.1, 0.15) is 6.61 Å². The standard InChI is InChI=1S/C16H31NO7/c1-2-5-24-16(18)3-6-19-8-10-21-12-14-23-15-13-22-11-9-20-7-4-17/h2H,1,3-15,17H2. The summed E-state index contributed by atoms with van der Waals surface area (Å²) in [6.45, 7) is 9.11. The Morgan fingerprint density at radius 1 is 0.750 bits per heavy atom. The van der Waals surface area contributed by atoms with E-state index in [9.17, 15) is 4.79 Å². The molecule has 0 spiro atoms. The lowest BCUT2D eigenvalue weighted by molar-refractivity contribution is -0.143. The molecule has 2 N–H and O–H groups in total. The normalized spacial score (nSPS) is 10.7. The van der Waals surface area contributed by atoms with Gasteiger partial charge in [-0.2, -0.15) is 0 Å². The molecule has 0 saturated heterocycles. The highest BCUT2D eigenvalue weighted by atomic mass is 16.6. The molecule has 0 heterocycles. The van der Waals surface area contributed by atoms with Gasteiger partial charge in [-0.15, -0.1) is 0 Å². The molecule has 0 fully saturated rings. The van der Waals surface area contributed by atoms with Crippen molar-refractivity contribution >= 4 is 5.97 Å². The SMILES string of the molecule is C=CCOC(=O)CCOCCOCCOCCOCCOCCN. The van der Waals surface area contributed by atoms with Gasteiger partial charge in [0, 0.05) is 6.54 Å². The minimum Gasteiger partial charge on any atom is -0.461 e. The zero-order valence-electron chi connectivity index (χ0n) is 14.4. The van der Waals surface area contributed by atoms with Gasteiger partial charge in [-0.1, -0.05) is 12.7 Å². The first kappa shape index (κ1) is 23.0. The van der Waals surface area contributed by atoms with Crippen LogP contribution in [0.25, 0.3) is 0 Å². The fourth-order valence-corrected chi connectivity index (χ4v) is 1.44. The van der Waals surface area contributed by atoms with Crippen LogP contribution in [0.1, 0.15) is 6.42 Å². The van der Waals surface area contributed by atoms with Gasteiger partial charge in [0.2, 0.25) is 0 Å². The smallest absolute Gasteiger partial charge is 0.308 e. The number of nitrogens with two attached hydrogens (primary N) is 1. The van der Waals surface area contributed by atoms with Gasteiger partial charge in [-0.25, -0.2) is 0 Å². The summed E-state index contributed by atoms with van der Waals surface area (Å²) in [7, 11) is 0. The second kappa shape index (κ2) is 20.0. The lowest BCUT2D eigenvalue weighted by atomic mass is 10.5. The summed E-state index contributed by atoms with van der Waals surface area (Å²) in [5.74, 6) is -0.294. The zero-order chi connectivity index (χ0) is 17.7. The third kappa shape index (κ3) is 19.0. The van der Waals surface area contributed by atoms with Crippen molar-refractivity contribution in [2.75, 3.05) is 79.2 Å². The summed E-state index contributed by atoms with van der Waals surface area (Å²) in [4.78, 5) is 11.1. The van der Waals surface area contributed by atoms with Crippen molar-refractivity contribution in [3.05, 3.63) is 12.7 Å². The molecule has 8 nitrogen and oxygen atoms in total. The lowest BCUT2D eigenvalue weighted by Gasteiger charge is -2.07. The summed E-state index contributed by atoms with van der Waals surface area (Å²) >= 11 is 0. The van der Waals surface area contributed by atoms with Crippen molar-refractivity contribution in [2.24, 2.45) is 5.73 Å². The Morgan fingerprint density at radius 3 is 1.58 bits per heavy atom. The number of hydrogen-bond donors (Lipinski definition) is 1. The van der Waals surface area contributed by atoms with Crippen LogP contribution in [-0.2, 0) is 33.2 Å². The molecule has 142 valence electrons. The van der Waals surface area contributed by atoms with Crippen LogP contribution >= 0.6 is 0 Å². The molecule has 24 heavy (non-hydrogen) atoms. The summed E-state index contributed by atoms with van der Waals surface area (Å²) < 4.78 is 31.2. The Hall–Kier alpha value is -1.03. The first-order valence-corrected chi connectivity index (χ1v) is 8.16. The summed E-state index contributed by atoms with van der Waals surface area (Å²) in [5.41, 5.74) is 5.28. The van der Waals surface area contributed by atoms with Gasteiger partial charge < -0.3 is 34.2 Å². The molecule has 0 unspecified atom stereocenters. The van der Waals surface area contributed by atoms with Crippen LogP contribution in [0, 0.1) is 0 Å². The van der Waals surface area contributed by atoms with Crippen LogP contribution in [0.3, 0.4) is 0 Å². The van der Waals surface area contributed by atoms with Gasteiger partial charge in [0.25, 0.3) is 0 Å². The van der Waals surface area contributed by atoms with Gasteiger partial charge in [0.15, 0.2) is 0 Å². The molecule has 0 aromatic heterocycles. The van der Waals surface area contributed by atoms with E-state index in [1.807, 2.05) is 0 Å². The maximum atomic E-state index is 11.1. The molecule has 0 aromatic rings. The van der Waals surface area contributed by atoms with E-state index in [4.69, 9.17) is 34.2 Å².